The van der Waals surface area contributed by atoms with Crippen LogP contribution in [-0.2, 0) is 6.61 Å². The SMILES string of the molecule is CSc1ccc([C@@H](Nc2ccccn2)c2oc(CO)cc(=O)c2O)cc1. The zero-order chi connectivity index (χ0) is 18.5. The molecule has 2 aromatic heterocycles. The van der Waals surface area contributed by atoms with Gasteiger partial charge in [0.2, 0.25) is 11.2 Å². The van der Waals surface area contributed by atoms with Crippen LogP contribution < -0.4 is 10.7 Å². The second kappa shape index (κ2) is 8.07. The number of anilines is 1. The highest BCUT2D eigenvalue weighted by atomic mass is 32.2. The van der Waals surface area contributed by atoms with Crippen molar-refractivity contribution in [3.8, 4) is 5.75 Å². The smallest absolute Gasteiger partial charge is 0.227 e. The van der Waals surface area contributed by atoms with Gasteiger partial charge >= 0.3 is 0 Å². The van der Waals surface area contributed by atoms with Crippen LogP contribution in [0, 0.1) is 0 Å². The van der Waals surface area contributed by atoms with E-state index in [-0.39, 0.29) is 11.5 Å². The van der Waals surface area contributed by atoms with E-state index < -0.39 is 23.8 Å². The van der Waals surface area contributed by atoms with Crippen LogP contribution >= 0.6 is 11.8 Å². The summed E-state index contributed by atoms with van der Waals surface area (Å²) in [5.74, 6) is 0.174. The van der Waals surface area contributed by atoms with E-state index in [0.29, 0.717) is 5.82 Å². The van der Waals surface area contributed by atoms with Crippen LogP contribution in [0.25, 0.3) is 0 Å². The van der Waals surface area contributed by atoms with Gasteiger partial charge in [-0.2, -0.15) is 0 Å². The molecule has 0 saturated heterocycles. The van der Waals surface area contributed by atoms with Gasteiger partial charge in [-0.3, -0.25) is 4.79 Å². The van der Waals surface area contributed by atoms with E-state index in [2.05, 4.69) is 10.3 Å². The average Bonchev–Trinajstić information content (AvgIpc) is 2.69. The summed E-state index contributed by atoms with van der Waals surface area (Å²) in [7, 11) is 0. The predicted octanol–water partition coefficient (Wildman–Crippen LogP) is 3.16. The van der Waals surface area contributed by atoms with Gasteiger partial charge in [0.1, 0.15) is 24.2 Å². The molecule has 0 fully saturated rings. The lowest BCUT2D eigenvalue weighted by Gasteiger charge is -2.20. The molecule has 1 atom stereocenters. The summed E-state index contributed by atoms with van der Waals surface area (Å²) in [6, 6.07) is 13.5. The van der Waals surface area contributed by atoms with Crippen molar-refractivity contribution < 1.29 is 14.6 Å². The van der Waals surface area contributed by atoms with Crippen molar-refractivity contribution in [2.75, 3.05) is 11.6 Å². The van der Waals surface area contributed by atoms with Crippen LogP contribution in [0.3, 0.4) is 0 Å². The van der Waals surface area contributed by atoms with Gasteiger partial charge in [0, 0.05) is 17.2 Å². The maximum Gasteiger partial charge on any atom is 0.227 e. The van der Waals surface area contributed by atoms with Crippen LogP contribution in [0.1, 0.15) is 23.1 Å². The highest BCUT2D eigenvalue weighted by molar-refractivity contribution is 7.98. The molecule has 0 aliphatic carbocycles. The molecule has 2 heterocycles. The van der Waals surface area contributed by atoms with Gasteiger partial charge in [-0.15, -0.1) is 11.8 Å². The topological polar surface area (TPSA) is 95.6 Å². The van der Waals surface area contributed by atoms with Crippen molar-refractivity contribution in [3.05, 3.63) is 82.0 Å². The summed E-state index contributed by atoms with van der Waals surface area (Å²) < 4.78 is 5.59. The molecule has 6 nitrogen and oxygen atoms in total. The largest absolute Gasteiger partial charge is 0.502 e. The Morgan fingerprint density at radius 3 is 2.62 bits per heavy atom. The summed E-state index contributed by atoms with van der Waals surface area (Å²) in [6.07, 6.45) is 3.62. The molecular weight excluding hydrogens is 352 g/mol. The fourth-order valence-corrected chi connectivity index (χ4v) is 2.93. The number of aliphatic hydroxyl groups is 1. The van der Waals surface area contributed by atoms with Gasteiger partial charge in [0.25, 0.3) is 0 Å². The summed E-state index contributed by atoms with van der Waals surface area (Å²) in [4.78, 5) is 17.4. The monoisotopic (exact) mass is 370 g/mol. The third-order valence-electron chi connectivity index (χ3n) is 3.82. The van der Waals surface area contributed by atoms with Gasteiger partial charge < -0.3 is 19.9 Å². The summed E-state index contributed by atoms with van der Waals surface area (Å²) >= 11 is 1.61. The molecule has 0 aliphatic heterocycles. The number of hydrogen-bond donors (Lipinski definition) is 3. The van der Waals surface area contributed by atoms with Crippen molar-refractivity contribution in [2.24, 2.45) is 0 Å². The van der Waals surface area contributed by atoms with E-state index in [1.807, 2.05) is 36.6 Å². The lowest BCUT2D eigenvalue weighted by atomic mass is 10.0. The predicted molar refractivity (Wildman–Crippen MR) is 100 cm³/mol. The van der Waals surface area contributed by atoms with E-state index in [4.69, 9.17) is 4.42 Å². The molecule has 3 aromatic rings. The lowest BCUT2D eigenvalue weighted by molar-refractivity contribution is 0.234. The van der Waals surface area contributed by atoms with E-state index in [1.54, 1.807) is 30.1 Å². The molecule has 0 spiro atoms. The average molecular weight is 370 g/mol. The zero-order valence-electron chi connectivity index (χ0n) is 14.0. The Hall–Kier alpha value is -2.77. The van der Waals surface area contributed by atoms with Gasteiger partial charge in [0.15, 0.2) is 5.76 Å². The Morgan fingerprint density at radius 2 is 2.00 bits per heavy atom. The van der Waals surface area contributed by atoms with Gasteiger partial charge in [0.05, 0.1) is 0 Å². The summed E-state index contributed by atoms with van der Waals surface area (Å²) in [5.41, 5.74) is 0.172. The number of pyridine rings is 1. The molecular formula is C19H18N2O4S. The van der Waals surface area contributed by atoms with Crippen LogP contribution in [-0.4, -0.2) is 21.5 Å². The Bertz CT molecular complexity index is 927. The number of aliphatic hydroxyl groups excluding tert-OH is 1. The minimum Gasteiger partial charge on any atom is -0.502 e. The quantitative estimate of drug-likeness (QED) is 0.574. The molecule has 7 heteroatoms. The fraction of sp³-hybridized carbons (Fsp3) is 0.158. The minimum atomic E-state index is -0.653. The van der Waals surface area contributed by atoms with Gasteiger partial charge in [-0.05, 0) is 36.1 Å². The molecule has 0 aliphatic rings. The minimum absolute atomic E-state index is 0.0316. The fourth-order valence-electron chi connectivity index (χ4n) is 2.52. The second-order valence-electron chi connectivity index (χ2n) is 5.51. The number of aromatic hydroxyl groups is 1. The molecule has 0 bridgehead atoms. The zero-order valence-corrected chi connectivity index (χ0v) is 14.9. The number of nitrogens with zero attached hydrogens (tertiary/aromatic N) is 1. The van der Waals surface area contributed by atoms with Gasteiger partial charge in [-0.1, -0.05) is 18.2 Å². The molecule has 1 aromatic carbocycles. The Labute approximate surface area is 154 Å². The van der Waals surface area contributed by atoms with Gasteiger partial charge in [-0.25, -0.2) is 4.98 Å². The first kappa shape index (κ1) is 18.0. The molecule has 0 radical (unpaired) electrons. The highest BCUT2D eigenvalue weighted by Gasteiger charge is 2.24. The van der Waals surface area contributed by atoms with Crippen LogP contribution in [0.4, 0.5) is 5.82 Å². The Balaban J connectivity index is 2.11. The first-order valence-electron chi connectivity index (χ1n) is 7.90. The van der Waals surface area contributed by atoms with E-state index in [1.165, 1.54) is 0 Å². The van der Waals surface area contributed by atoms with Crippen molar-refractivity contribution in [3.63, 3.8) is 0 Å². The summed E-state index contributed by atoms with van der Waals surface area (Å²) in [5, 5.41) is 22.8. The Kier molecular flexibility index (Phi) is 5.60. The maximum atomic E-state index is 12.0. The highest BCUT2D eigenvalue weighted by Crippen LogP contribution is 2.32. The first-order chi connectivity index (χ1) is 12.6. The third kappa shape index (κ3) is 3.89. The van der Waals surface area contributed by atoms with Crippen LogP contribution in [0.5, 0.6) is 5.75 Å². The molecule has 3 N–H and O–H groups in total. The Morgan fingerprint density at radius 1 is 1.23 bits per heavy atom. The van der Waals surface area contributed by atoms with Crippen molar-refractivity contribution in [2.45, 2.75) is 17.5 Å². The number of aromatic nitrogens is 1. The molecule has 0 amide bonds. The van der Waals surface area contributed by atoms with Crippen molar-refractivity contribution in [1.82, 2.24) is 4.98 Å². The molecule has 26 heavy (non-hydrogen) atoms. The third-order valence-corrected chi connectivity index (χ3v) is 4.57. The van der Waals surface area contributed by atoms with E-state index in [9.17, 15) is 15.0 Å². The second-order valence-corrected chi connectivity index (χ2v) is 6.39. The number of benzene rings is 1. The number of thioether (sulfide) groups is 1. The number of hydrogen-bond acceptors (Lipinski definition) is 7. The first-order valence-corrected chi connectivity index (χ1v) is 9.13. The van der Waals surface area contributed by atoms with Crippen molar-refractivity contribution >= 4 is 17.6 Å². The number of nitrogens with one attached hydrogen (secondary N) is 1. The molecule has 3 rings (SSSR count). The molecule has 0 saturated carbocycles. The van der Waals surface area contributed by atoms with E-state index in [0.717, 1.165) is 16.5 Å². The maximum absolute atomic E-state index is 12.0. The standard InChI is InChI=1S/C19H18N2O4S/c1-26-14-7-5-12(6-8-14)17(21-16-4-2-3-9-20-16)19-18(24)15(23)10-13(11-22)25-19/h2-10,17,22,24H,11H2,1H3,(H,20,21)/t17-/m1/s1. The van der Waals surface area contributed by atoms with Crippen molar-refractivity contribution in [1.29, 1.82) is 0 Å². The normalized spacial score (nSPS) is 11.9. The molecule has 134 valence electrons. The summed E-state index contributed by atoms with van der Waals surface area (Å²) in [6.45, 7) is -0.440. The lowest BCUT2D eigenvalue weighted by Crippen LogP contribution is -2.17. The van der Waals surface area contributed by atoms with E-state index >= 15 is 0 Å². The van der Waals surface area contributed by atoms with Crippen LogP contribution in [0.2, 0.25) is 0 Å². The number of rotatable bonds is 6. The van der Waals surface area contributed by atoms with Crippen LogP contribution in [0.15, 0.2) is 68.8 Å². The molecule has 0 unspecified atom stereocenters.